The molecule has 0 heterocycles. The third-order valence-corrected chi connectivity index (χ3v) is 4.95. The first kappa shape index (κ1) is 21.5. The van der Waals surface area contributed by atoms with Crippen LogP contribution in [0.25, 0.3) is 0 Å². The highest BCUT2D eigenvalue weighted by Crippen LogP contribution is 2.12. The van der Waals surface area contributed by atoms with Gasteiger partial charge in [-0.15, -0.1) is 0 Å². The van der Waals surface area contributed by atoms with E-state index in [1.165, 1.54) is 0 Å². The van der Waals surface area contributed by atoms with Crippen LogP contribution < -0.4 is 5.32 Å². The van der Waals surface area contributed by atoms with Crippen LogP contribution in [0.3, 0.4) is 0 Å². The molecule has 3 aromatic rings. The molecule has 0 fully saturated rings. The van der Waals surface area contributed by atoms with Crippen molar-refractivity contribution in [2.75, 3.05) is 6.61 Å². The molecule has 30 heavy (non-hydrogen) atoms. The Bertz CT molecular complexity index is 1000. The van der Waals surface area contributed by atoms with Gasteiger partial charge in [0.25, 0.3) is 5.91 Å². The number of Topliss-reactive ketones (excluding diaryl/α,β-unsaturated/α-hetero) is 1. The molecule has 6 heteroatoms. The minimum absolute atomic E-state index is 0.255. The van der Waals surface area contributed by atoms with Crippen molar-refractivity contribution in [3.63, 3.8) is 0 Å². The summed E-state index contributed by atoms with van der Waals surface area (Å²) >= 11 is 3.31. The van der Waals surface area contributed by atoms with E-state index in [1.54, 1.807) is 54.6 Å². The number of nitrogens with one attached hydrogen (secondary N) is 1. The molecular weight excluding hydrogens is 446 g/mol. The predicted octanol–water partition coefficient (Wildman–Crippen LogP) is 4.22. The summed E-state index contributed by atoms with van der Waals surface area (Å²) in [5.41, 5.74) is 1.75. The fourth-order valence-electron chi connectivity index (χ4n) is 2.83. The van der Waals surface area contributed by atoms with Crippen molar-refractivity contribution >= 4 is 33.6 Å². The van der Waals surface area contributed by atoms with Crippen molar-refractivity contribution < 1.29 is 19.1 Å². The van der Waals surface area contributed by atoms with Crippen molar-refractivity contribution in [1.29, 1.82) is 0 Å². The molecule has 3 rings (SSSR count). The second-order valence-corrected chi connectivity index (χ2v) is 7.54. The van der Waals surface area contributed by atoms with Crippen molar-refractivity contribution in [3.05, 3.63) is 106 Å². The maximum atomic E-state index is 12.7. The van der Waals surface area contributed by atoms with E-state index in [0.717, 1.165) is 10.0 Å². The molecule has 5 nitrogen and oxygen atoms in total. The number of rotatable bonds is 8. The lowest BCUT2D eigenvalue weighted by molar-refractivity contribution is -0.144. The average molecular weight is 466 g/mol. The molecule has 1 amide bonds. The van der Waals surface area contributed by atoms with E-state index >= 15 is 0 Å². The molecule has 0 unspecified atom stereocenters. The molecule has 0 aliphatic rings. The van der Waals surface area contributed by atoms with Crippen LogP contribution in [0.5, 0.6) is 0 Å². The van der Waals surface area contributed by atoms with Crippen LogP contribution in [0, 0.1) is 0 Å². The van der Waals surface area contributed by atoms with Crippen molar-refractivity contribution in [2.45, 2.75) is 12.5 Å². The van der Waals surface area contributed by atoms with Gasteiger partial charge in [-0.2, -0.15) is 0 Å². The minimum atomic E-state index is -0.919. The summed E-state index contributed by atoms with van der Waals surface area (Å²) in [4.78, 5) is 37.6. The highest BCUT2D eigenvalue weighted by molar-refractivity contribution is 9.10. The summed E-state index contributed by atoms with van der Waals surface area (Å²) in [6, 6.07) is 23.8. The fourth-order valence-corrected chi connectivity index (χ4v) is 3.09. The molecule has 0 bridgehead atoms. The fraction of sp³-hybridized carbons (Fsp3) is 0.125. The van der Waals surface area contributed by atoms with E-state index < -0.39 is 18.6 Å². The molecule has 0 saturated heterocycles. The van der Waals surface area contributed by atoms with E-state index in [9.17, 15) is 14.4 Å². The highest BCUT2D eigenvalue weighted by atomic mass is 79.9. The van der Waals surface area contributed by atoms with Crippen LogP contribution >= 0.6 is 15.9 Å². The molecular formula is C24H20BrNO4. The summed E-state index contributed by atoms with van der Waals surface area (Å²) in [6.07, 6.45) is 0.255. The monoisotopic (exact) mass is 465 g/mol. The number of halogens is 1. The first-order chi connectivity index (χ1) is 14.5. The van der Waals surface area contributed by atoms with Gasteiger partial charge in [-0.25, -0.2) is 4.79 Å². The number of ketones is 1. The SMILES string of the molecule is O=C(COC(=O)[C@@H](Cc1ccccc1)NC(=O)c1ccccc1)c1ccc(Br)cc1. The summed E-state index contributed by atoms with van der Waals surface area (Å²) in [5.74, 6) is -1.36. The molecule has 1 atom stereocenters. The quantitative estimate of drug-likeness (QED) is 0.399. The summed E-state index contributed by atoms with van der Waals surface area (Å²) in [7, 11) is 0. The Hall–Kier alpha value is -3.25. The summed E-state index contributed by atoms with van der Waals surface area (Å²) in [6.45, 7) is -0.396. The maximum Gasteiger partial charge on any atom is 0.329 e. The van der Waals surface area contributed by atoms with Gasteiger partial charge in [0.2, 0.25) is 0 Å². The largest absolute Gasteiger partial charge is 0.456 e. The lowest BCUT2D eigenvalue weighted by Gasteiger charge is -2.18. The predicted molar refractivity (Wildman–Crippen MR) is 117 cm³/mol. The Morgan fingerprint density at radius 1 is 0.800 bits per heavy atom. The van der Waals surface area contributed by atoms with Crippen LogP contribution in [0.1, 0.15) is 26.3 Å². The Kier molecular flexibility index (Phi) is 7.51. The van der Waals surface area contributed by atoms with Crippen molar-refractivity contribution in [3.8, 4) is 0 Å². The van der Waals surface area contributed by atoms with E-state index in [-0.39, 0.29) is 18.1 Å². The zero-order valence-electron chi connectivity index (χ0n) is 16.1. The molecule has 0 spiro atoms. The van der Waals surface area contributed by atoms with Gasteiger partial charge in [0, 0.05) is 22.0 Å². The van der Waals surface area contributed by atoms with Crippen LogP contribution in [-0.2, 0) is 16.0 Å². The van der Waals surface area contributed by atoms with Crippen LogP contribution in [0.4, 0.5) is 0 Å². The Labute approximate surface area is 183 Å². The standard InChI is InChI=1S/C24H20BrNO4/c25-20-13-11-18(12-14-20)22(27)16-30-24(29)21(15-17-7-3-1-4-8-17)26-23(28)19-9-5-2-6-10-19/h1-14,21H,15-16H2,(H,26,28)/t21-/m1/s1. The minimum Gasteiger partial charge on any atom is -0.456 e. The van der Waals surface area contributed by atoms with Crippen molar-refractivity contribution in [2.24, 2.45) is 0 Å². The number of hydrogen-bond acceptors (Lipinski definition) is 4. The third kappa shape index (κ3) is 6.12. The molecule has 0 aliphatic heterocycles. The first-order valence-electron chi connectivity index (χ1n) is 9.38. The van der Waals surface area contributed by atoms with Crippen molar-refractivity contribution in [1.82, 2.24) is 5.32 Å². The van der Waals surface area contributed by atoms with Gasteiger partial charge in [0.1, 0.15) is 6.04 Å². The number of esters is 1. The second kappa shape index (κ2) is 10.5. The molecule has 0 saturated carbocycles. The topological polar surface area (TPSA) is 72.5 Å². The van der Waals surface area contributed by atoms with Gasteiger partial charge in [0.05, 0.1) is 0 Å². The van der Waals surface area contributed by atoms with Gasteiger partial charge >= 0.3 is 5.97 Å². The van der Waals surface area contributed by atoms with E-state index in [2.05, 4.69) is 21.2 Å². The average Bonchev–Trinajstić information content (AvgIpc) is 2.78. The Morgan fingerprint density at radius 2 is 1.40 bits per heavy atom. The van der Waals surface area contributed by atoms with Gasteiger partial charge in [-0.05, 0) is 29.8 Å². The zero-order valence-corrected chi connectivity index (χ0v) is 17.7. The smallest absolute Gasteiger partial charge is 0.329 e. The number of carbonyl (C=O) groups is 3. The molecule has 3 aromatic carbocycles. The summed E-state index contributed by atoms with van der Waals surface area (Å²) in [5, 5.41) is 2.72. The number of ether oxygens (including phenoxy) is 1. The van der Waals surface area contributed by atoms with E-state index in [0.29, 0.717) is 11.1 Å². The zero-order chi connectivity index (χ0) is 21.3. The van der Waals surface area contributed by atoms with Crippen LogP contribution in [0.15, 0.2) is 89.4 Å². The second-order valence-electron chi connectivity index (χ2n) is 6.62. The number of hydrogen-bond donors (Lipinski definition) is 1. The summed E-state index contributed by atoms with van der Waals surface area (Å²) < 4.78 is 6.09. The van der Waals surface area contributed by atoms with E-state index in [1.807, 2.05) is 30.3 Å². The van der Waals surface area contributed by atoms with Crippen LogP contribution in [0.2, 0.25) is 0 Å². The molecule has 0 aromatic heterocycles. The lowest BCUT2D eigenvalue weighted by Crippen LogP contribution is -2.43. The maximum absolute atomic E-state index is 12.7. The van der Waals surface area contributed by atoms with E-state index in [4.69, 9.17) is 4.74 Å². The van der Waals surface area contributed by atoms with Crippen LogP contribution in [-0.4, -0.2) is 30.3 Å². The van der Waals surface area contributed by atoms with Gasteiger partial charge in [-0.3, -0.25) is 9.59 Å². The van der Waals surface area contributed by atoms with Gasteiger partial charge in [0.15, 0.2) is 12.4 Å². The third-order valence-electron chi connectivity index (χ3n) is 4.42. The Balaban J connectivity index is 1.68. The molecule has 0 radical (unpaired) electrons. The number of amides is 1. The normalized spacial score (nSPS) is 11.4. The Morgan fingerprint density at radius 3 is 2.03 bits per heavy atom. The van der Waals surface area contributed by atoms with Gasteiger partial charge < -0.3 is 10.1 Å². The first-order valence-corrected chi connectivity index (χ1v) is 10.2. The lowest BCUT2D eigenvalue weighted by atomic mass is 10.1. The highest BCUT2D eigenvalue weighted by Gasteiger charge is 2.24. The molecule has 1 N–H and O–H groups in total. The molecule has 0 aliphatic carbocycles. The number of carbonyl (C=O) groups excluding carboxylic acids is 3. The van der Waals surface area contributed by atoms with Gasteiger partial charge in [-0.1, -0.05) is 76.6 Å². The molecule has 152 valence electrons. The number of benzene rings is 3.